The van der Waals surface area contributed by atoms with Gasteiger partial charge in [0.2, 0.25) is 0 Å². The normalized spacial score (nSPS) is 12.3. The SMILES string of the molecule is Cc1ccc2oc(C(=O)NCC(C)CC(=O)O)cc2c1. The number of nitrogens with one attached hydrogen (secondary N) is 1. The maximum absolute atomic E-state index is 11.9. The van der Waals surface area contributed by atoms with E-state index < -0.39 is 5.97 Å². The number of furan rings is 1. The lowest BCUT2D eigenvalue weighted by Gasteiger charge is -2.08. The van der Waals surface area contributed by atoms with Crippen LogP contribution in [0.1, 0.15) is 29.5 Å². The number of aliphatic carboxylic acids is 1. The molecular formula is C15H17NO4. The molecule has 2 rings (SSSR count). The first-order chi connectivity index (χ1) is 9.45. The van der Waals surface area contributed by atoms with Crippen molar-refractivity contribution < 1.29 is 19.1 Å². The lowest BCUT2D eigenvalue weighted by atomic mass is 10.1. The van der Waals surface area contributed by atoms with Gasteiger partial charge in [-0.25, -0.2) is 0 Å². The number of hydrogen-bond acceptors (Lipinski definition) is 3. The van der Waals surface area contributed by atoms with Crippen molar-refractivity contribution in [1.82, 2.24) is 5.32 Å². The molecule has 5 heteroatoms. The summed E-state index contributed by atoms with van der Waals surface area (Å²) in [7, 11) is 0. The zero-order valence-corrected chi connectivity index (χ0v) is 11.5. The van der Waals surface area contributed by atoms with E-state index in [9.17, 15) is 9.59 Å². The third kappa shape index (κ3) is 3.38. The average Bonchev–Trinajstić information content (AvgIpc) is 2.78. The molecule has 2 N–H and O–H groups in total. The molecule has 1 heterocycles. The summed E-state index contributed by atoms with van der Waals surface area (Å²) in [4.78, 5) is 22.5. The van der Waals surface area contributed by atoms with Crippen molar-refractivity contribution in [2.45, 2.75) is 20.3 Å². The monoisotopic (exact) mass is 275 g/mol. The van der Waals surface area contributed by atoms with Gasteiger partial charge in [0.1, 0.15) is 5.58 Å². The molecule has 0 aliphatic heterocycles. The molecule has 1 atom stereocenters. The van der Waals surface area contributed by atoms with Crippen LogP contribution >= 0.6 is 0 Å². The fourth-order valence-electron chi connectivity index (χ4n) is 2.00. The minimum absolute atomic E-state index is 0.0274. The number of rotatable bonds is 5. The summed E-state index contributed by atoms with van der Waals surface area (Å²) in [5.74, 6) is -1.07. The van der Waals surface area contributed by atoms with E-state index in [4.69, 9.17) is 9.52 Å². The van der Waals surface area contributed by atoms with Gasteiger partial charge in [0.15, 0.2) is 5.76 Å². The smallest absolute Gasteiger partial charge is 0.303 e. The van der Waals surface area contributed by atoms with Crippen LogP contribution in [-0.4, -0.2) is 23.5 Å². The summed E-state index contributed by atoms with van der Waals surface area (Å²) in [6.07, 6.45) is 0.0274. The van der Waals surface area contributed by atoms with Crippen LogP contribution in [0.3, 0.4) is 0 Å². The third-order valence-corrected chi connectivity index (χ3v) is 3.03. The lowest BCUT2D eigenvalue weighted by Crippen LogP contribution is -2.28. The van der Waals surface area contributed by atoms with Gasteiger partial charge in [0.25, 0.3) is 5.91 Å². The van der Waals surface area contributed by atoms with Crippen LogP contribution < -0.4 is 5.32 Å². The van der Waals surface area contributed by atoms with Gasteiger partial charge in [-0.2, -0.15) is 0 Å². The number of carboxylic acid groups (broad SMARTS) is 1. The van der Waals surface area contributed by atoms with Gasteiger partial charge in [-0.15, -0.1) is 0 Å². The highest BCUT2D eigenvalue weighted by atomic mass is 16.4. The second kappa shape index (κ2) is 5.77. The first-order valence-electron chi connectivity index (χ1n) is 6.46. The summed E-state index contributed by atoms with van der Waals surface area (Å²) in [6.45, 7) is 4.05. The molecule has 20 heavy (non-hydrogen) atoms. The molecule has 5 nitrogen and oxygen atoms in total. The number of benzene rings is 1. The van der Waals surface area contributed by atoms with E-state index in [0.717, 1.165) is 10.9 Å². The molecule has 1 unspecified atom stereocenters. The summed E-state index contributed by atoms with van der Waals surface area (Å²) in [5, 5.41) is 12.2. The van der Waals surface area contributed by atoms with Gasteiger partial charge in [0.05, 0.1) is 0 Å². The fraction of sp³-hybridized carbons (Fsp3) is 0.333. The van der Waals surface area contributed by atoms with Crippen molar-refractivity contribution in [2.75, 3.05) is 6.54 Å². The maximum Gasteiger partial charge on any atom is 0.303 e. The molecule has 106 valence electrons. The lowest BCUT2D eigenvalue weighted by molar-refractivity contribution is -0.137. The van der Waals surface area contributed by atoms with Crippen LogP contribution in [0, 0.1) is 12.8 Å². The molecule has 0 fully saturated rings. The Morgan fingerprint density at radius 1 is 1.35 bits per heavy atom. The van der Waals surface area contributed by atoms with E-state index in [-0.39, 0.29) is 24.0 Å². The van der Waals surface area contributed by atoms with E-state index in [0.29, 0.717) is 12.1 Å². The van der Waals surface area contributed by atoms with Crippen molar-refractivity contribution in [3.63, 3.8) is 0 Å². The second-order valence-corrected chi connectivity index (χ2v) is 5.06. The van der Waals surface area contributed by atoms with Crippen molar-refractivity contribution in [1.29, 1.82) is 0 Å². The van der Waals surface area contributed by atoms with Crippen molar-refractivity contribution >= 4 is 22.8 Å². The van der Waals surface area contributed by atoms with Crippen molar-refractivity contribution in [3.8, 4) is 0 Å². The molecule has 1 aromatic carbocycles. The van der Waals surface area contributed by atoms with E-state index in [2.05, 4.69) is 5.32 Å². The highest BCUT2D eigenvalue weighted by Gasteiger charge is 2.14. The minimum atomic E-state index is -0.869. The summed E-state index contributed by atoms with van der Waals surface area (Å²) in [6, 6.07) is 7.39. The highest BCUT2D eigenvalue weighted by molar-refractivity contribution is 5.96. The quantitative estimate of drug-likeness (QED) is 0.879. The Bertz CT molecular complexity index is 644. The van der Waals surface area contributed by atoms with Gasteiger partial charge >= 0.3 is 5.97 Å². The molecule has 0 saturated heterocycles. The average molecular weight is 275 g/mol. The topological polar surface area (TPSA) is 79.5 Å². The van der Waals surface area contributed by atoms with Gasteiger partial charge in [-0.3, -0.25) is 9.59 Å². The van der Waals surface area contributed by atoms with E-state index in [1.807, 2.05) is 25.1 Å². The number of amides is 1. The number of aryl methyl sites for hydroxylation is 1. The molecular weight excluding hydrogens is 258 g/mol. The Labute approximate surface area is 116 Å². The molecule has 2 aromatic rings. The number of hydrogen-bond donors (Lipinski definition) is 2. The van der Waals surface area contributed by atoms with E-state index >= 15 is 0 Å². The molecule has 0 spiro atoms. The molecule has 0 aliphatic carbocycles. The Hall–Kier alpha value is -2.30. The first kappa shape index (κ1) is 14.1. The molecule has 1 aromatic heterocycles. The number of carbonyl (C=O) groups is 2. The van der Waals surface area contributed by atoms with Gasteiger partial charge < -0.3 is 14.8 Å². The highest BCUT2D eigenvalue weighted by Crippen LogP contribution is 2.20. The maximum atomic E-state index is 11.9. The molecule has 0 radical (unpaired) electrons. The summed E-state index contributed by atoms with van der Waals surface area (Å²) < 4.78 is 5.47. The Morgan fingerprint density at radius 2 is 2.10 bits per heavy atom. The molecule has 0 bridgehead atoms. The standard InChI is InChI=1S/C15H17NO4/c1-9-3-4-12-11(5-9)7-13(20-12)15(19)16-8-10(2)6-14(17)18/h3-5,7,10H,6,8H2,1-2H3,(H,16,19)(H,17,18). The van der Waals surface area contributed by atoms with Crippen LogP contribution in [0.4, 0.5) is 0 Å². The van der Waals surface area contributed by atoms with E-state index in [1.54, 1.807) is 13.0 Å². The zero-order valence-electron chi connectivity index (χ0n) is 11.5. The predicted molar refractivity (Wildman–Crippen MR) is 74.7 cm³/mol. The molecule has 1 amide bonds. The molecule has 0 aliphatic rings. The van der Waals surface area contributed by atoms with Crippen LogP contribution in [0.15, 0.2) is 28.7 Å². The second-order valence-electron chi connectivity index (χ2n) is 5.06. The van der Waals surface area contributed by atoms with Gasteiger partial charge in [-0.1, -0.05) is 18.6 Å². The Morgan fingerprint density at radius 3 is 2.80 bits per heavy atom. The summed E-state index contributed by atoms with van der Waals surface area (Å²) in [5.41, 5.74) is 1.76. The fourth-order valence-corrected chi connectivity index (χ4v) is 2.00. The van der Waals surface area contributed by atoms with Crippen LogP contribution in [0.25, 0.3) is 11.0 Å². The van der Waals surface area contributed by atoms with Crippen molar-refractivity contribution in [3.05, 3.63) is 35.6 Å². The summed E-state index contributed by atoms with van der Waals surface area (Å²) >= 11 is 0. The Kier molecular flexibility index (Phi) is 4.08. The van der Waals surface area contributed by atoms with Crippen LogP contribution in [0.2, 0.25) is 0 Å². The number of fused-ring (bicyclic) bond motifs is 1. The largest absolute Gasteiger partial charge is 0.481 e. The number of carboxylic acids is 1. The Balaban J connectivity index is 2.02. The van der Waals surface area contributed by atoms with Crippen LogP contribution in [0.5, 0.6) is 0 Å². The molecule has 0 saturated carbocycles. The van der Waals surface area contributed by atoms with E-state index in [1.165, 1.54) is 0 Å². The number of carbonyl (C=O) groups excluding carboxylic acids is 1. The van der Waals surface area contributed by atoms with Crippen molar-refractivity contribution in [2.24, 2.45) is 5.92 Å². The predicted octanol–water partition coefficient (Wildman–Crippen LogP) is 2.58. The van der Waals surface area contributed by atoms with Crippen LogP contribution in [-0.2, 0) is 4.79 Å². The third-order valence-electron chi connectivity index (χ3n) is 3.03. The van der Waals surface area contributed by atoms with Gasteiger partial charge in [0, 0.05) is 18.4 Å². The zero-order chi connectivity index (χ0) is 14.7. The van der Waals surface area contributed by atoms with Gasteiger partial charge in [-0.05, 0) is 31.0 Å². The first-order valence-corrected chi connectivity index (χ1v) is 6.46. The minimum Gasteiger partial charge on any atom is -0.481 e.